The zero-order chi connectivity index (χ0) is 18.6. The summed E-state index contributed by atoms with van der Waals surface area (Å²) in [5.41, 5.74) is -0.160. The van der Waals surface area contributed by atoms with E-state index in [1.807, 2.05) is 26.0 Å². The fourth-order valence-electron chi connectivity index (χ4n) is 4.53. The highest BCUT2D eigenvalue weighted by Gasteiger charge is 2.59. The van der Waals surface area contributed by atoms with Gasteiger partial charge >= 0.3 is 0 Å². The summed E-state index contributed by atoms with van der Waals surface area (Å²) in [6.07, 6.45) is 0.844. The van der Waals surface area contributed by atoms with Crippen LogP contribution in [0.1, 0.15) is 38.3 Å². The van der Waals surface area contributed by atoms with Crippen LogP contribution in [0, 0.1) is 16.7 Å². The number of nitriles is 1. The van der Waals surface area contributed by atoms with Crippen LogP contribution in [-0.4, -0.2) is 47.5 Å². The third-order valence-corrected chi connectivity index (χ3v) is 5.84. The van der Waals surface area contributed by atoms with Crippen molar-refractivity contribution in [1.29, 1.82) is 5.26 Å². The second-order valence-corrected chi connectivity index (χ2v) is 7.35. The van der Waals surface area contributed by atoms with Crippen molar-refractivity contribution in [2.75, 3.05) is 13.8 Å². The van der Waals surface area contributed by atoms with E-state index >= 15 is 0 Å². The van der Waals surface area contributed by atoms with Crippen LogP contribution < -0.4 is 9.47 Å². The summed E-state index contributed by atoms with van der Waals surface area (Å²) < 4.78 is 11.1. The van der Waals surface area contributed by atoms with Gasteiger partial charge in [-0.3, -0.25) is 9.59 Å². The number of hydrogen-bond acceptors (Lipinski definition) is 5. The molecule has 2 fully saturated rings. The van der Waals surface area contributed by atoms with Gasteiger partial charge in [0.1, 0.15) is 12.1 Å². The summed E-state index contributed by atoms with van der Waals surface area (Å²) in [5.74, 6) is 0.947. The van der Waals surface area contributed by atoms with Crippen LogP contribution in [0.3, 0.4) is 0 Å². The van der Waals surface area contributed by atoms with Crippen LogP contribution in [0.4, 0.5) is 0 Å². The van der Waals surface area contributed by atoms with Crippen molar-refractivity contribution in [2.24, 2.45) is 5.41 Å². The normalized spacial score (nSPS) is 32.6. The topological polar surface area (TPSA) is 82.9 Å². The number of benzene rings is 1. The fourth-order valence-corrected chi connectivity index (χ4v) is 4.53. The molecule has 1 unspecified atom stereocenters. The number of fused-ring (bicyclic) bond motifs is 2. The molecule has 3 heterocycles. The van der Waals surface area contributed by atoms with Crippen LogP contribution in [-0.2, 0) is 9.59 Å². The highest BCUT2D eigenvalue weighted by molar-refractivity contribution is 5.98. The Hall–Kier alpha value is -2.75. The molecule has 136 valence electrons. The number of hydrogen-bond donors (Lipinski definition) is 0. The van der Waals surface area contributed by atoms with Crippen LogP contribution in [0.15, 0.2) is 18.2 Å². The van der Waals surface area contributed by atoms with Crippen molar-refractivity contribution in [3.8, 4) is 17.6 Å². The van der Waals surface area contributed by atoms with Crippen LogP contribution in [0.5, 0.6) is 11.5 Å². The average Bonchev–Trinajstić information content (AvgIpc) is 3.23. The molecule has 1 aromatic carbocycles. The molecule has 7 nitrogen and oxygen atoms in total. The number of piperazine rings is 1. The van der Waals surface area contributed by atoms with E-state index < -0.39 is 23.5 Å². The monoisotopic (exact) mass is 355 g/mol. The molecule has 0 radical (unpaired) electrons. The third kappa shape index (κ3) is 2.05. The predicted molar refractivity (Wildman–Crippen MR) is 91.1 cm³/mol. The Morgan fingerprint density at radius 3 is 2.77 bits per heavy atom. The Balaban J connectivity index is 1.88. The fraction of sp³-hybridized carbons (Fsp3) is 0.526. The quantitative estimate of drug-likeness (QED) is 0.808. The van der Waals surface area contributed by atoms with Crippen molar-refractivity contribution >= 4 is 11.8 Å². The minimum Gasteiger partial charge on any atom is -0.454 e. The molecular weight excluding hydrogens is 334 g/mol. The second kappa shape index (κ2) is 5.63. The molecule has 3 aliphatic rings. The van der Waals surface area contributed by atoms with Crippen molar-refractivity contribution < 1.29 is 19.1 Å². The van der Waals surface area contributed by atoms with Crippen LogP contribution in [0.25, 0.3) is 0 Å². The summed E-state index contributed by atoms with van der Waals surface area (Å²) in [6, 6.07) is 6.17. The lowest BCUT2D eigenvalue weighted by Crippen LogP contribution is -2.61. The largest absolute Gasteiger partial charge is 0.454 e. The smallest absolute Gasteiger partial charge is 0.246 e. The zero-order valence-corrected chi connectivity index (χ0v) is 15.1. The molecule has 4 atom stereocenters. The van der Waals surface area contributed by atoms with Gasteiger partial charge in [-0.05, 0) is 25.8 Å². The zero-order valence-electron chi connectivity index (χ0n) is 15.1. The van der Waals surface area contributed by atoms with E-state index in [0.29, 0.717) is 24.3 Å². The first-order valence-corrected chi connectivity index (χ1v) is 8.81. The predicted octanol–water partition coefficient (Wildman–Crippen LogP) is 1.84. The molecule has 0 N–H and O–H groups in total. The molecule has 7 heteroatoms. The Bertz CT molecular complexity index is 833. The molecular formula is C19H21N3O4. The number of carbonyl (C=O) groups excluding carboxylic acids is 2. The van der Waals surface area contributed by atoms with E-state index in [9.17, 15) is 14.9 Å². The summed E-state index contributed by atoms with van der Waals surface area (Å²) in [6.45, 7) is 3.81. The van der Waals surface area contributed by atoms with E-state index in [2.05, 4.69) is 6.07 Å². The van der Waals surface area contributed by atoms with Gasteiger partial charge in [-0.2, -0.15) is 5.26 Å². The van der Waals surface area contributed by atoms with Gasteiger partial charge < -0.3 is 19.3 Å². The number of likely N-dealkylation sites (N-methyl/N-ethyl adjacent to an activating group) is 1. The summed E-state index contributed by atoms with van der Waals surface area (Å²) in [5, 5.41) is 9.93. The number of amides is 2. The SMILES string of the molecule is CC[C@@H]1C(=O)N2C(C[C@](C)(C#N)[C@@H]2c2cccc3c2OCO3)C(=O)N1C. The average molecular weight is 355 g/mol. The van der Waals surface area contributed by atoms with Gasteiger partial charge in [0.25, 0.3) is 0 Å². The summed E-state index contributed by atoms with van der Waals surface area (Å²) in [7, 11) is 1.67. The summed E-state index contributed by atoms with van der Waals surface area (Å²) in [4.78, 5) is 29.3. The first kappa shape index (κ1) is 16.7. The molecule has 0 aromatic heterocycles. The van der Waals surface area contributed by atoms with Gasteiger partial charge in [0.2, 0.25) is 18.6 Å². The van der Waals surface area contributed by atoms with Crippen molar-refractivity contribution in [2.45, 2.75) is 44.8 Å². The molecule has 2 amide bonds. The molecule has 0 saturated carbocycles. The van der Waals surface area contributed by atoms with E-state index in [0.717, 1.165) is 5.56 Å². The highest BCUT2D eigenvalue weighted by Crippen LogP contribution is 2.55. The minimum atomic E-state index is -0.888. The lowest BCUT2D eigenvalue weighted by Gasteiger charge is -2.43. The van der Waals surface area contributed by atoms with Crippen molar-refractivity contribution in [3.05, 3.63) is 23.8 Å². The number of nitrogens with zero attached hydrogens (tertiary/aromatic N) is 3. The first-order valence-electron chi connectivity index (χ1n) is 8.81. The Labute approximate surface area is 152 Å². The van der Waals surface area contributed by atoms with Crippen molar-refractivity contribution in [1.82, 2.24) is 9.80 Å². The van der Waals surface area contributed by atoms with E-state index in [-0.39, 0.29) is 18.6 Å². The lowest BCUT2D eigenvalue weighted by atomic mass is 9.79. The molecule has 26 heavy (non-hydrogen) atoms. The van der Waals surface area contributed by atoms with Gasteiger partial charge in [-0.15, -0.1) is 0 Å². The lowest BCUT2D eigenvalue weighted by molar-refractivity contribution is -0.160. The van der Waals surface area contributed by atoms with Crippen LogP contribution >= 0.6 is 0 Å². The van der Waals surface area contributed by atoms with E-state index in [1.165, 1.54) is 4.90 Å². The standard InChI is InChI=1S/C19H21N3O4/c1-4-12-18(24)22-13(17(23)21(12)3)8-19(2,9-20)16(22)11-6-5-7-14-15(11)26-10-25-14/h5-7,12-13,16H,4,8,10H2,1-3H3/t12-,13?,16+,19-/m1/s1. The Morgan fingerprint density at radius 2 is 2.08 bits per heavy atom. The van der Waals surface area contributed by atoms with E-state index in [1.54, 1.807) is 18.0 Å². The molecule has 0 aliphatic carbocycles. The molecule has 0 spiro atoms. The molecule has 3 aliphatic heterocycles. The van der Waals surface area contributed by atoms with Crippen molar-refractivity contribution in [3.63, 3.8) is 0 Å². The molecule has 1 aromatic rings. The van der Waals surface area contributed by atoms with Gasteiger partial charge in [-0.25, -0.2) is 0 Å². The number of rotatable bonds is 2. The number of ether oxygens (including phenoxy) is 2. The third-order valence-electron chi connectivity index (χ3n) is 5.84. The van der Waals surface area contributed by atoms with Gasteiger partial charge in [-0.1, -0.05) is 19.1 Å². The molecule has 4 rings (SSSR count). The number of para-hydroxylation sites is 1. The maximum atomic E-state index is 13.2. The Kier molecular flexibility index (Phi) is 3.62. The van der Waals surface area contributed by atoms with Gasteiger partial charge in [0, 0.05) is 12.6 Å². The molecule has 2 saturated heterocycles. The van der Waals surface area contributed by atoms with E-state index in [4.69, 9.17) is 9.47 Å². The second-order valence-electron chi connectivity index (χ2n) is 7.35. The van der Waals surface area contributed by atoms with Gasteiger partial charge in [0.05, 0.1) is 17.5 Å². The Morgan fingerprint density at radius 1 is 1.31 bits per heavy atom. The minimum absolute atomic E-state index is 0.106. The first-order chi connectivity index (χ1) is 12.4. The maximum Gasteiger partial charge on any atom is 0.246 e. The van der Waals surface area contributed by atoms with Gasteiger partial charge in [0.15, 0.2) is 11.5 Å². The summed E-state index contributed by atoms with van der Waals surface area (Å²) >= 11 is 0. The maximum absolute atomic E-state index is 13.2. The highest BCUT2D eigenvalue weighted by atomic mass is 16.7. The molecule has 0 bridgehead atoms. The number of carbonyl (C=O) groups is 2. The van der Waals surface area contributed by atoms with Crippen LogP contribution in [0.2, 0.25) is 0 Å².